The molecular weight excluding hydrogens is 1220 g/mol. The van der Waals surface area contributed by atoms with Crippen molar-refractivity contribution in [2.45, 2.75) is 158 Å². The number of aliphatic hydroxyl groups is 1. The standard InChI is InChI=1S/C64H93N16O12P/c1-40(2)29-45(37-93(91,92)55(67)26-25-42-17-7-4-8-18-42)58(84)75-49(24-14-16-28-66)59(85)78-53(33-47-35-70-39-72-47)63(89)79-52(32-46-34-69-38-71-46)60(86)73-41(3)57(83)76-50(30-43-19-9-5-10-20-43)62(88)80-54(36-81)64(90)77-51(31-44-21-11-6-12-22-44)61(87)74-48(56(68)82)23-13-15-27-65/h4-12,17-22,34-35,38-41,45,48-55,81H,13-16,23-33,36-37,65-67H2,1-3H3,(H2,68,82)(H,69,71)(H,70,72)(H,73,86)(H,74,87)(H,75,84)(H,76,83)(H,77,90)(H,78,85)(H,79,89)(H,80,88)(H,91,92)/t41-,45?,48-,49-,50-,51-,52-,53-,54-,55+/m0/s1. The Labute approximate surface area is 541 Å². The summed E-state index contributed by atoms with van der Waals surface area (Å²) in [7, 11) is -4.14. The van der Waals surface area contributed by atoms with Crippen molar-refractivity contribution in [2.24, 2.45) is 34.8 Å². The molecule has 5 aromatic rings. The van der Waals surface area contributed by atoms with Crippen LogP contribution in [0.15, 0.2) is 116 Å². The van der Waals surface area contributed by atoms with Crippen LogP contribution in [0.4, 0.5) is 0 Å². The number of nitrogens with one attached hydrogen (secondary N) is 10. The zero-order valence-corrected chi connectivity index (χ0v) is 53.9. The number of benzene rings is 3. The van der Waals surface area contributed by atoms with Crippen molar-refractivity contribution in [2.75, 3.05) is 25.9 Å². The van der Waals surface area contributed by atoms with Crippen molar-refractivity contribution in [1.82, 2.24) is 62.5 Å². The summed E-state index contributed by atoms with van der Waals surface area (Å²) in [4.78, 5) is 152. The second kappa shape index (κ2) is 39.0. The number of hydrogen-bond donors (Lipinski definition) is 16. The molecule has 0 aliphatic heterocycles. The van der Waals surface area contributed by atoms with E-state index in [2.05, 4.69) is 62.5 Å². The summed E-state index contributed by atoms with van der Waals surface area (Å²) in [6, 6.07) is 15.4. The molecule has 2 heterocycles. The fourth-order valence-electron chi connectivity index (χ4n) is 10.3. The van der Waals surface area contributed by atoms with Gasteiger partial charge in [-0.1, -0.05) is 105 Å². The van der Waals surface area contributed by atoms with Crippen LogP contribution in [0.2, 0.25) is 0 Å². The van der Waals surface area contributed by atoms with Gasteiger partial charge in [-0.05, 0) is 100 Å². The van der Waals surface area contributed by atoms with Gasteiger partial charge >= 0.3 is 0 Å². The van der Waals surface area contributed by atoms with Gasteiger partial charge in [-0.2, -0.15) is 0 Å². The second-order valence-corrected chi connectivity index (χ2v) is 26.1. The molecule has 20 N–H and O–H groups in total. The van der Waals surface area contributed by atoms with Crippen molar-refractivity contribution in [1.29, 1.82) is 0 Å². The molecule has 0 aliphatic rings. The molecular formula is C64H93N16O12P. The topological polar surface area (TPSA) is 469 Å². The van der Waals surface area contributed by atoms with Gasteiger partial charge in [-0.15, -0.1) is 0 Å². The molecule has 93 heavy (non-hydrogen) atoms. The van der Waals surface area contributed by atoms with Crippen LogP contribution >= 0.6 is 7.37 Å². The van der Waals surface area contributed by atoms with Crippen LogP contribution < -0.4 is 65.5 Å². The van der Waals surface area contributed by atoms with Crippen molar-refractivity contribution in [3.63, 3.8) is 0 Å². The van der Waals surface area contributed by atoms with Gasteiger partial charge in [0.25, 0.3) is 0 Å². The predicted molar refractivity (Wildman–Crippen MR) is 348 cm³/mol. The number of amides is 9. The smallest absolute Gasteiger partial charge is 0.245 e. The third kappa shape index (κ3) is 26.1. The number of hydrogen-bond acceptors (Lipinski definition) is 16. The van der Waals surface area contributed by atoms with Gasteiger partial charge in [0.1, 0.15) is 48.3 Å². The number of rotatable bonds is 42. The van der Waals surface area contributed by atoms with E-state index in [0.717, 1.165) is 5.56 Å². The average Bonchev–Trinajstić information content (AvgIpc) is 1.36. The summed E-state index contributed by atoms with van der Waals surface area (Å²) in [6.45, 7) is 4.71. The first-order valence-electron chi connectivity index (χ1n) is 31.4. The Bertz CT molecular complexity index is 3180. The average molecular weight is 1310 g/mol. The van der Waals surface area contributed by atoms with Gasteiger partial charge in [0.15, 0.2) is 0 Å². The second-order valence-electron chi connectivity index (χ2n) is 23.6. The van der Waals surface area contributed by atoms with Gasteiger partial charge < -0.3 is 85.4 Å². The number of imidazole rings is 2. The molecule has 29 heteroatoms. The summed E-state index contributed by atoms with van der Waals surface area (Å²) in [6.07, 6.45) is 7.47. The molecule has 0 spiro atoms. The number of nitrogens with zero attached hydrogens (tertiary/aromatic N) is 2. The molecule has 506 valence electrons. The van der Waals surface area contributed by atoms with Crippen LogP contribution in [0.1, 0.15) is 100 Å². The maximum absolute atomic E-state index is 14.7. The van der Waals surface area contributed by atoms with Crippen molar-refractivity contribution in [3.8, 4) is 0 Å². The van der Waals surface area contributed by atoms with Crippen LogP contribution in [0.5, 0.6) is 0 Å². The molecule has 0 saturated carbocycles. The Kier molecular flexibility index (Phi) is 31.5. The monoisotopic (exact) mass is 1310 g/mol. The maximum Gasteiger partial charge on any atom is 0.245 e. The Morgan fingerprint density at radius 3 is 1.31 bits per heavy atom. The van der Waals surface area contributed by atoms with E-state index in [9.17, 15) is 57.7 Å². The minimum Gasteiger partial charge on any atom is -0.394 e. The first kappa shape index (κ1) is 75.1. The van der Waals surface area contributed by atoms with E-state index in [4.69, 9.17) is 22.9 Å². The largest absolute Gasteiger partial charge is 0.394 e. The zero-order valence-electron chi connectivity index (χ0n) is 53.0. The molecule has 2 aromatic heterocycles. The quantitative estimate of drug-likeness (QED) is 0.0179. The number of carbonyl (C=O) groups is 9. The SMILES string of the molecule is CC(C)CC(CP(=O)(O)[C@@H](N)CCc1ccccc1)C(=O)N[C@@H](CCCCN)C(=O)N[C@@H](Cc1cnc[nH]1)C(=O)N[C@@H](Cc1cnc[nH]1)C(=O)N[C@@H](C)C(=O)N[C@@H](Cc1ccccc1)C(=O)N[C@@H](CO)C(=O)N[C@@H](Cc1ccccc1)C(=O)N[C@@H](CCCCN)C(N)=O. The van der Waals surface area contributed by atoms with Gasteiger partial charge in [-0.25, -0.2) is 9.97 Å². The number of aryl methyl sites for hydroxylation is 1. The molecule has 2 unspecified atom stereocenters. The molecule has 0 saturated heterocycles. The number of aliphatic hydroxyl groups excluding tert-OH is 1. The number of carbonyl (C=O) groups excluding carboxylic acids is 9. The third-order valence-corrected chi connectivity index (χ3v) is 17.8. The van der Waals surface area contributed by atoms with Crippen LogP contribution in [0.3, 0.4) is 0 Å². The molecule has 0 bridgehead atoms. The first-order valence-corrected chi connectivity index (χ1v) is 33.3. The van der Waals surface area contributed by atoms with E-state index in [1.165, 1.54) is 32.0 Å². The number of aromatic nitrogens is 4. The lowest BCUT2D eigenvalue weighted by Gasteiger charge is -2.28. The van der Waals surface area contributed by atoms with Gasteiger partial charge in [0.2, 0.25) is 60.5 Å². The summed E-state index contributed by atoms with van der Waals surface area (Å²) in [5, 5.41) is 31.7. The van der Waals surface area contributed by atoms with Crippen LogP contribution in [0.25, 0.3) is 0 Å². The van der Waals surface area contributed by atoms with Crippen molar-refractivity contribution >= 4 is 60.5 Å². The Morgan fingerprint density at radius 1 is 0.495 bits per heavy atom. The van der Waals surface area contributed by atoms with Gasteiger partial charge in [-0.3, -0.25) is 47.7 Å². The van der Waals surface area contributed by atoms with E-state index in [0.29, 0.717) is 61.2 Å². The van der Waals surface area contributed by atoms with Crippen LogP contribution in [-0.2, 0) is 79.8 Å². The normalized spacial score (nSPS) is 15.2. The zero-order chi connectivity index (χ0) is 67.9. The Morgan fingerprint density at radius 2 is 0.882 bits per heavy atom. The lowest BCUT2D eigenvalue weighted by molar-refractivity contribution is -0.136. The van der Waals surface area contributed by atoms with Crippen molar-refractivity contribution < 1.29 is 57.7 Å². The summed E-state index contributed by atoms with van der Waals surface area (Å²) in [5.41, 5.74) is 26.3. The number of aromatic amines is 2. The Hall–Kier alpha value is -8.66. The van der Waals surface area contributed by atoms with E-state index in [1.807, 2.05) is 44.2 Å². The highest BCUT2D eigenvalue weighted by molar-refractivity contribution is 7.58. The summed E-state index contributed by atoms with van der Waals surface area (Å²) in [5.74, 6) is -9.82. The van der Waals surface area contributed by atoms with E-state index in [1.54, 1.807) is 60.7 Å². The maximum atomic E-state index is 14.7. The van der Waals surface area contributed by atoms with Crippen LogP contribution in [0, 0.1) is 11.8 Å². The summed E-state index contributed by atoms with van der Waals surface area (Å²) < 4.78 is 13.9. The first-order chi connectivity index (χ1) is 44.5. The molecule has 3 aromatic carbocycles. The minimum atomic E-state index is -4.14. The fraction of sp³-hybridized carbons (Fsp3) is 0.484. The van der Waals surface area contributed by atoms with Gasteiger partial charge in [0.05, 0.1) is 25.0 Å². The predicted octanol–water partition coefficient (Wildman–Crippen LogP) is -0.112. The number of unbranched alkanes of at least 4 members (excludes halogenated alkanes) is 2. The minimum absolute atomic E-state index is 0.0612. The molecule has 9 amide bonds. The highest BCUT2D eigenvalue weighted by Gasteiger charge is 2.38. The third-order valence-electron chi connectivity index (χ3n) is 15.5. The fourth-order valence-corrected chi connectivity index (χ4v) is 12.0. The highest BCUT2D eigenvalue weighted by Crippen LogP contribution is 2.48. The molecule has 0 aliphatic carbocycles. The molecule has 0 fully saturated rings. The van der Waals surface area contributed by atoms with Crippen LogP contribution in [-0.4, -0.2) is 163 Å². The van der Waals surface area contributed by atoms with E-state index in [-0.39, 0.29) is 63.8 Å². The number of primary amides is 1. The van der Waals surface area contributed by atoms with E-state index >= 15 is 0 Å². The van der Waals surface area contributed by atoms with Crippen molar-refractivity contribution in [3.05, 3.63) is 144 Å². The lowest BCUT2D eigenvalue weighted by Crippen LogP contribution is -2.61. The highest BCUT2D eigenvalue weighted by atomic mass is 31.2. The Balaban J connectivity index is 1.33. The number of nitrogens with two attached hydrogens (primary N) is 4. The van der Waals surface area contributed by atoms with E-state index < -0.39 is 133 Å². The lowest BCUT2D eigenvalue weighted by atomic mass is 9.97. The molecule has 28 nitrogen and oxygen atoms in total. The molecule has 0 radical (unpaired) electrons. The number of H-pyrrole nitrogens is 2. The molecule has 5 rings (SSSR count). The summed E-state index contributed by atoms with van der Waals surface area (Å²) >= 11 is 0. The van der Waals surface area contributed by atoms with Gasteiger partial charge in [0, 0.05) is 61.5 Å². The molecule has 11 atom stereocenters.